The molecule has 0 spiro atoms. The Labute approximate surface area is 138 Å². The topological polar surface area (TPSA) is 83.8 Å². The number of hydrogen-bond acceptors (Lipinski definition) is 3. The van der Waals surface area contributed by atoms with Crippen molar-refractivity contribution < 1.29 is 24.5 Å². The third-order valence-electron chi connectivity index (χ3n) is 3.73. The Morgan fingerprint density at radius 3 is 1.78 bits per heavy atom. The van der Waals surface area contributed by atoms with Crippen LogP contribution in [0.25, 0.3) is 0 Å². The van der Waals surface area contributed by atoms with E-state index in [1.807, 2.05) is 0 Å². The molecular formula is C17H17ClO5. The maximum Gasteiger partial charge on any atom is 0.335 e. The molecule has 2 rings (SSSR count). The minimum Gasteiger partial charge on any atom is -0.478 e. The second-order valence-electron chi connectivity index (χ2n) is 5.08. The summed E-state index contributed by atoms with van der Waals surface area (Å²) in [5.41, 5.74) is 0.484. The van der Waals surface area contributed by atoms with E-state index >= 15 is 0 Å². The minimum atomic E-state index is -1.18. The molecule has 0 aromatic heterocycles. The molecule has 1 aliphatic heterocycles. The van der Waals surface area contributed by atoms with E-state index in [4.69, 9.17) is 16.3 Å². The number of rotatable bonds is 5. The van der Waals surface area contributed by atoms with Crippen molar-refractivity contribution in [3.8, 4) is 0 Å². The van der Waals surface area contributed by atoms with Crippen LogP contribution in [0, 0.1) is 0 Å². The lowest BCUT2D eigenvalue weighted by atomic mass is 9.81. The summed E-state index contributed by atoms with van der Waals surface area (Å²) >= 11 is 5.88. The number of halogens is 1. The van der Waals surface area contributed by atoms with Gasteiger partial charge in [-0.05, 0) is 17.7 Å². The zero-order chi connectivity index (χ0) is 17.1. The van der Waals surface area contributed by atoms with Gasteiger partial charge in [-0.2, -0.15) is 0 Å². The van der Waals surface area contributed by atoms with Crippen molar-refractivity contribution >= 4 is 23.5 Å². The zero-order valence-corrected chi connectivity index (χ0v) is 13.6. The molecule has 1 aromatic rings. The number of allylic oxidation sites excluding steroid dienone is 2. The summed E-state index contributed by atoms with van der Waals surface area (Å²) in [4.78, 5) is 23.5. The van der Waals surface area contributed by atoms with Crippen molar-refractivity contribution in [1.82, 2.24) is 0 Å². The van der Waals surface area contributed by atoms with Crippen LogP contribution in [0.15, 0.2) is 46.9 Å². The van der Waals surface area contributed by atoms with Crippen LogP contribution >= 0.6 is 11.6 Å². The first-order valence-electron chi connectivity index (χ1n) is 7.26. The molecule has 0 fully saturated rings. The summed E-state index contributed by atoms with van der Waals surface area (Å²) in [6.07, 6.45) is 0.726. The van der Waals surface area contributed by atoms with E-state index in [9.17, 15) is 19.8 Å². The van der Waals surface area contributed by atoms with Crippen molar-refractivity contribution in [1.29, 1.82) is 0 Å². The van der Waals surface area contributed by atoms with Crippen molar-refractivity contribution in [3.63, 3.8) is 0 Å². The quantitative estimate of drug-likeness (QED) is 0.850. The SMILES string of the molecule is CCC1=C(C(=O)O)C(c2ccc(Cl)cc2)C(C(=O)O)=C(CC)O1. The third-order valence-corrected chi connectivity index (χ3v) is 3.98. The number of ether oxygens (including phenoxy) is 1. The van der Waals surface area contributed by atoms with Gasteiger partial charge in [-0.25, -0.2) is 9.59 Å². The first-order chi connectivity index (χ1) is 10.9. The van der Waals surface area contributed by atoms with Crippen LogP contribution in [0.5, 0.6) is 0 Å². The average molecular weight is 337 g/mol. The van der Waals surface area contributed by atoms with Gasteiger partial charge in [0.2, 0.25) is 0 Å². The standard InChI is InChI=1S/C17H17ClO5/c1-3-11-14(16(19)20)13(9-5-7-10(18)8-6-9)15(17(21)22)12(4-2)23-11/h5-8,13H,3-4H2,1-2H3,(H,19,20)(H,21,22). The Morgan fingerprint density at radius 1 is 1.00 bits per heavy atom. The van der Waals surface area contributed by atoms with Crippen molar-refractivity contribution in [2.45, 2.75) is 32.6 Å². The molecule has 0 atom stereocenters. The van der Waals surface area contributed by atoms with Gasteiger partial charge in [0.25, 0.3) is 0 Å². The predicted molar refractivity (Wildman–Crippen MR) is 85.2 cm³/mol. The van der Waals surface area contributed by atoms with Gasteiger partial charge in [-0.1, -0.05) is 37.6 Å². The predicted octanol–water partition coefficient (Wildman–Crippen LogP) is 3.95. The van der Waals surface area contributed by atoms with Gasteiger partial charge in [0.1, 0.15) is 11.5 Å². The lowest BCUT2D eigenvalue weighted by Crippen LogP contribution is -2.26. The molecule has 0 radical (unpaired) electrons. The van der Waals surface area contributed by atoms with Crippen LogP contribution in [0.3, 0.4) is 0 Å². The third kappa shape index (κ3) is 3.24. The van der Waals surface area contributed by atoms with Crippen molar-refractivity contribution in [3.05, 3.63) is 57.5 Å². The second-order valence-corrected chi connectivity index (χ2v) is 5.51. The first kappa shape index (κ1) is 17.1. The molecule has 122 valence electrons. The van der Waals surface area contributed by atoms with Crippen molar-refractivity contribution in [2.75, 3.05) is 0 Å². The molecule has 0 saturated carbocycles. The largest absolute Gasteiger partial charge is 0.478 e. The Hall–Kier alpha value is -2.27. The fourth-order valence-electron chi connectivity index (χ4n) is 2.72. The number of aliphatic carboxylic acids is 2. The molecule has 0 unspecified atom stereocenters. The van der Waals surface area contributed by atoms with E-state index in [0.717, 1.165) is 0 Å². The molecular weight excluding hydrogens is 320 g/mol. The molecule has 6 heteroatoms. The summed E-state index contributed by atoms with van der Waals surface area (Å²) < 4.78 is 5.58. The van der Waals surface area contributed by atoms with Crippen LogP contribution < -0.4 is 0 Å². The summed E-state index contributed by atoms with van der Waals surface area (Å²) in [5.74, 6) is -2.68. The number of carbonyl (C=O) groups is 2. The molecule has 0 saturated heterocycles. The molecule has 1 aliphatic rings. The molecule has 5 nitrogen and oxygen atoms in total. The lowest BCUT2D eigenvalue weighted by Gasteiger charge is -2.29. The van der Waals surface area contributed by atoms with Crippen LogP contribution in [0.2, 0.25) is 5.02 Å². The Kier molecular flexibility index (Phi) is 5.11. The van der Waals surface area contributed by atoms with Gasteiger partial charge in [0.15, 0.2) is 0 Å². The molecule has 0 amide bonds. The highest BCUT2D eigenvalue weighted by Gasteiger charge is 2.39. The fraction of sp³-hybridized carbons (Fsp3) is 0.294. The Bertz CT molecular complexity index is 662. The molecule has 0 bridgehead atoms. The summed E-state index contributed by atoms with van der Waals surface area (Å²) in [6, 6.07) is 6.51. The molecule has 23 heavy (non-hydrogen) atoms. The monoisotopic (exact) mass is 336 g/mol. The Balaban J connectivity index is 2.73. The summed E-state index contributed by atoms with van der Waals surface area (Å²) in [7, 11) is 0. The highest BCUT2D eigenvalue weighted by molar-refractivity contribution is 6.30. The smallest absolute Gasteiger partial charge is 0.335 e. The second kappa shape index (κ2) is 6.87. The molecule has 1 heterocycles. The number of benzene rings is 1. The van der Waals surface area contributed by atoms with E-state index in [1.165, 1.54) is 0 Å². The Morgan fingerprint density at radius 2 is 1.43 bits per heavy atom. The van der Waals surface area contributed by atoms with E-state index in [1.54, 1.807) is 38.1 Å². The average Bonchev–Trinajstić information content (AvgIpc) is 2.53. The van der Waals surface area contributed by atoms with E-state index in [2.05, 4.69) is 0 Å². The van der Waals surface area contributed by atoms with Crippen LogP contribution in [-0.2, 0) is 14.3 Å². The number of carboxylic acids is 2. The van der Waals surface area contributed by atoms with Gasteiger partial charge in [-0.3, -0.25) is 0 Å². The van der Waals surface area contributed by atoms with Gasteiger partial charge in [-0.15, -0.1) is 0 Å². The highest BCUT2D eigenvalue weighted by Crippen LogP contribution is 2.42. The van der Waals surface area contributed by atoms with Gasteiger partial charge in [0.05, 0.1) is 17.1 Å². The van der Waals surface area contributed by atoms with E-state index in [-0.39, 0.29) is 11.1 Å². The maximum atomic E-state index is 11.8. The van der Waals surface area contributed by atoms with Crippen LogP contribution in [-0.4, -0.2) is 22.2 Å². The maximum absolute atomic E-state index is 11.8. The minimum absolute atomic E-state index is 0.0376. The summed E-state index contributed by atoms with van der Waals surface area (Å²) in [5, 5.41) is 19.7. The van der Waals surface area contributed by atoms with Gasteiger partial charge < -0.3 is 14.9 Å². The zero-order valence-electron chi connectivity index (χ0n) is 12.8. The molecule has 2 N–H and O–H groups in total. The lowest BCUT2D eigenvalue weighted by molar-refractivity contribution is -0.134. The van der Waals surface area contributed by atoms with Gasteiger partial charge in [0, 0.05) is 17.9 Å². The van der Waals surface area contributed by atoms with E-state index < -0.39 is 17.9 Å². The van der Waals surface area contributed by atoms with E-state index in [0.29, 0.717) is 34.9 Å². The fourth-order valence-corrected chi connectivity index (χ4v) is 2.85. The van der Waals surface area contributed by atoms with Crippen molar-refractivity contribution in [2.24, 2.45) is 0 Å². The van der Waals surface area contributed by atoms with Crippen LogP contribution in [0.1, 0.15) is 38.2 Å². The number of hydrogen-bond donors (Lipinski definition) is 2. The number of carboxylic acid groups (broad SMARTS) is 2. The first-order valence-corrected chi connectivity index (χ1v) is 7.64. The summed E-state index contributed by atoms with van der Waals surface area (Å²) in [6.45, 7) is 3.55. The van der Waals surface area contributed by atoms with Crippen LogP contribution in [0.4, 0.5) is 0 Å². The highest BCUT2D eigenvalue weighted by atomic mass is 35.5. The van der Waals surface area contributed by atoms with Gasteiger partial charge >= 0.3 is 11.9 Å². The normalized spacial score (nSPS) is 15.6. The molecule has 1 aromatic carbocycles. The molecule has 0 aliphatic carbocycles.